The second-order valence-electron chi connectivity index (χ2n) is 6.00. The number of hydrogen-bond acceptors (Lipinski definition) is 4. The Hall–Kier alpha value is -2.77. The molecule has 0 N–H and O–H groups in total. The highest BCUT2D eigenvalue weighted by Gasteiger charge is 2.41. The molecular weight excluding hydrogens is 400 g/mol. The van der Waals surface area contributed by atoms with Gasteiger partial charge in [0.15, 0.2) is 0 Å². The van der Waals surface area contributed by atoms with Crippen LogP contribution in [-0.2, 0) is 15.3 Å². The third-order valence-electron chi connectivity index (χ3n) is 4.19. The molecule has 0 bridgehead atoms. The zero-order chi connectivity index (χ0) is 19.7. The van der Waals surface area contributed by atoms with E-state index in [9.17, 15) is 18.4 Å². The summed E-state index contributed by atoms with van der Waals surface area (Å²) < 4.78 is 27.6. The Kier molecular flexibility index (Phi) is 5.11. The maximum Gasteiger partial charge on any atom is 0.272 e. The molecule has 7 heteroatoms. The lowest BCUT2D eigenvalue weighted by atomic mass is 10.2. The highest BCUT2D eigenvalue weighted by atomic mass is 32.2. The average molecular weight is 413 g/mol. The number of carbonyl (C=O) groups excluding carboxylic acids is 2. The SMILES string of the molecule is O=C1C(SCc2ccccc2)=C(c2cccs2)C(=O)N1c1ccc(F)cc1F. The van der Waals surface area contributed by atoms with Gasteiger partial charge in [-0.25, -0.2) is 13.7 Å². The normalized spacial score (nSPS) is 14.3. The van der Waals surface area contributed by atoms with Crippen LogP contribution in [0.5, 0.6) is 0 Å². The van der Waals surface area contributed by atoms with E-state index in [1.807, 2.05) is 30.3 Å². The van der Waals surface area contributed by atoms with Gasteiger partial charge in [0.25, 0.3) is 11.8 Å². The molecular formula is C21H13F2NO2S2. The summed E-state index contributed by atoms with van der Waals surface area (Å²) >= 11 is 2.57. The summed E-state index contributed by atoms with van der Waals surface area (Å²) in [5, 5.41) is 1.81. The summed E-state index contributed by atoms with van der Waals surface area (Å²) in [6.07, 6.45) is 0. The molecule has 3 aromatic rings. The minimum atomic E-state index is -0.957. The molecule has 140 valence electrons. The summed E-state index contributed by atoms with van der Waals surface area (Å²) in [6.45, 7) is 0. The molecule has 28 heavy (non-hydrogen) atoms. The number of imide groups is 1. The lowest BCUT2D eigenvalue weighted by molar-refractivity contribution is -0.119. The fourth-order valence-electron chi connectivity index (χ4n) is 2.89. The van der Waals surface area contributed by atoms with Crippen LogP contribution in [0.2, 0.25) is 0 Å². The number of hydrogen-bond donors (Lipinski definition) is 0. The van der Waals surface area contributed by atoms with E-state index >= 15 is 0 Å². The van der Waals surface area contributed by atoms with Gasteiger partial charge in [0, 0.05) is 16.7 Å². The summed E-state index contributed by atoms with van der Waals surface area (Å²) in [5.41, 5.74) is 1.00. The predicted octanol–water partition coefficient (Wildman–Crippen LogP) is 5.24. The second kappa shape index (κ2) is 7.69. The van der Waals surface area contributed by atoms with Gasteiger partial charge in [-0.05, 0) is 29.1 Å². The number of benzene rings is 2. The van der Waals surface area contributed by atoms with Gasteiger partial charge >= 0.3 is 0 Å². The van der Waals surface area contributed by atoms with Crippen LogP contribution in [0, 0.1) is 11.6 Å². The Labute approximate surface area is 168 Å². The van der Waals surface area contributed by atoms with Gasteiger partial charge in [-0.15, -0.1) is 23.1 Å². The first-order valence-corrected chi connectivity index (χ1v) is 10.2. The van der Waals surface area contributed by atoms with Crippen LogP contribution in [-0.4, -0.2) is 11.8 Å². The highest BCUT2D eigenvalue weighted by Crippen LogP contribution is 2.41. The molecule has 0 saturated heterocycles. The Bertz CT molecular complexity index is 1080. The Balaban J connectivity index is 1.73. The summed E-state index contributed by atoms with van der Waals surface area (Å²) in [4.78, 5) is 27.8. The highest BCUT2D eigenvalue weighted by molar-refractivity contribution is 8.03. The molecule has 0 aliphatic carbocycles. The van der Waals surface area contributed by atoms with Gasteiger partial charge in [-0.2, -0.15) is 0 Å². The zero-order valence-electron chi connectivity index (χ0n) is 14.4. The van der Waals surface area contributed by atoms with E-state index in [1.165, 1.54) is 23.1 Å². The van der Waals surface area contributed by atoms with E-state index in [0.29, 0.717) is 16.7 Å². The fraction of sp³-hybridized carbons (Fsp3) is 0.0476. The lowest BCUT2D eigenvalue weighted by Gasteiger charge is -2.15. The van der Waals surface area contributed by atoms with Crippen LogP contribution >= 0.6 is 23.1 Å². The van der Waals surface area contributed by atoms with Crippen molar-refractivity contribution < 1.29 is 18.4 Å². The minimum Gasteiger partial charge on any atom is -0.268 e. The van der Waals surface area contributed by atoms with Gasteiger partial charge in [0.2, 0.25) is 0 Å². The molecule has 2 amide bonds. The molecule has 0 saturated carbocycles. The largest absolute Gasteiger partial charge is 0.272 e. The van der Waals surface area contributed by atoms with Crippen molar-refractivity contribution in [3.63, 3.8) is 0 Å². The maximum absolute atomic E-state index is 14.3. The van der Waals surface area contributed by atoms with Gasteiger partial charge < -0.3 is 0 Å². The van der Waals surface area contributed by atoms with Gasteiger partial charge in [-0.1, -0.05) is 36.4 Å². The molecule has 2 aromatic carbocycles. The average Bonchev–Trinajstić information content (AvgIpc) is 3.28. The maximum atomic E-state index is 14.3. The number of thiophene rings is 1. The van der Waals surface area contributed by atoms with E-state index in [-0.39, 0.29) is 16.2 Å². The monoisotopic (exact) mass is 413 g/mol. The first kappa shape index (κ1) is 18.6. The second-order valence-corrected chi connectivity index (χ2v) is 7.93. The van der Waals surface area contributed by atoms with E-state index in [4.69, 9.17) is 0 Å². The van der Waals surface area contributed by atoms with E-state index in [2.05, 4.69) is 0 Å². The van der Waals surface area contributed by atoms with Crippen LogP contribution in [0.1, 0.15) is 10.4 Å². The number of rotatable bonds is 5. The van der Waals surface area contributed by atoms with E-state index < -0.39 is 23.4 Å². The first-order valence-electron chi connectivity index (χ1n) is 8.35. The number of halogens is 2. The molecule has 0 fully saturated rings. The van der Waals surface area contributed by atoms with Crippen LogP contribution in [0.15, 0.2) is 70.9 Å². The lowest BCUT2D eigenvalue weighted by Crippen LogP contribution is -2.32. The molecule has 0 unspecified atom stereocenters. The third kappa shape index (κ3) is 3.39. The van der Waals surface area contributed by atoms with Crippen LogP contribution < -0.4 is 4.90 Å². The van der Waals surface area contributed by atoms with Crippen LogP contribution in [0.25, 0.3) is 5.57 Å². The minimum absolute atomic E-state index is 0.249. The van der Waals surface area contributed by atoms with Gasteiger partial charge in [-0.3, -0.25) is 9.59 Å². The summed E-state index contributed by atoms with van der Waals surface area (Å²) in [7, 11) is 0. The molecule has 3 nitrogen and oxygen atoms in total. The van der Waals surface area contributed by atoms with Gasteiger partial charge in [0.1, 0.15) is 11.6 Å². The quantitative estimate of drug-likeness (QED) is 0.537. The zero-order valence-corrected chi connectivity index (χ0v) is 16.0. The smallest absolute Gasteiger partial charge is 0.268 e. The van der Waals surface area contributed by atoms with Crippen molar-refractivity contribution in [1.29, 1.82) is 0 Å². The Morgan fingerprint density at radius 1 is 0.929 bits per heavy atom. The number of nitrogens with zero attached hydrogens (tertiary/aromatic N) is 1. The predicted molar refractivity (Wildman–Crippen MR) is 108 cm³/mol. The molecule has 0 atom stereocenters. The van der Waals surface area contributed by atoms with E-state index in [0.717, 1.165) is 22.6 Å². The molecule has 0 radical (unpaired) electrons. The standard InChI is InChI=1S/C21H13F2NO2S2/c22-14-8-9-16(15(23)11-14)24-20(25)18(17-7-4-10-27-17)19(21(24)26)28-12-13-5-2-1-3-6-13/h1-11H,12H2. The molecule has 1 aromatic heterocycles. The molecule has 0 spiro atoms. The van der Waals surface area contributed by atoms with Crippen molar-refractivity contribution in [3.8, 4) is 0 Å². The van der Waals surface area contributed by atoms with Crippen molar-refractivity contribution >= 4 is 46.2 Å². The Morgan fingerprint density at radius 2 is 1.71 bits per heavy atom. The fourth-order valence-corrected chi connectivity index (χ4v) is 4.79. The van der Waals surface area contributed by atoms with Gasteiger partial charge in [0.05, 0.1) is 16.2 Å². The topological polar surface area (TPSA) is 37.4 Å². The first-order chi connectivity index (χ1) is 13.6. The number of carbonyl (C=O) groups is 2. The number of thioether (sulfide) groups is 1. The van der Waals surface area contributed by atoms with Crippen molar-refractivity contribution in [2.24, 2.45) is 0 Å². The number of amides is 2. The summed E-state index contributed by atoms with van der Waals surface area (Å²) in [6, 6.07) is 15.9. The van der Waals surface area contributed by atoms with E-state index in [1.54, 1.807) is 17.5 Å². The van der Waals surface area contributed by atoms with Crippen LogP contribution in [0.3, 0.4) is 0 Å². The molecule has 2 heterocycles. The summed E-state index contributed by atoms with van der Waals surface area (Å²) in [5.74, 6) is -2.44. The van der Waals surface area contributed by atoms with Crippen LogP contribution in [0.4, 0.5) is 14.5 Å². The van der Waals surface area contributed by atoms with Crippen molar-refractivity contribution in [1.82, 2.24) is 0 Å². The van der Waals surface area contributed by atoms with Crippen molar-refractivity contribution in [3.05, 3.63) is 93.0 Å². The number of anilines is 1. The molecule has 4 rings (SSSR count). The van der Waals surface area contributed by atoms with Crippen molar-refractivity contribution in [2.45, 2.75) is 5.75 Å². The molecule has 1 aliphatic rings. The Morgan fingerprint density at radius 3 is 2.39 bits per heavy atom. The third-order valence-corrected chi connectivity index (χ3v) is 6.22. The molecule has 1 aliphatic heterocycles. The van der Waals surface area contributed by atoms with Crippen molar-refractivity contribution in [2.75, 3.05) is 4.90 Å².